The van der Waals surface area contributed by atoms with Crippen molar-refractivity contribution in [1.29, 1.82) is 0 Å². The first-order valence-corrected chi connectivity index (χ1v) is 12.2. The molecule has 0 radical (unpaired) electrons. The largest absolute Gasteiger partial charge is 0.457 e. The number of nitrogens with one attached hydrogen (secondary N) is 1. The van der Waals surface area contributed by atoms with Gasteiger partial charge in [0.15, 0.2) is 0 Å². The lowest BCUT2D eigenvalue weighted by Crippen LogP contribution is -2.52. The summed E-state index contributed by atoms with van der Waals surface area (Å²) in [7, 11) is -4.29. The van der Waals surface area contributed by atoms with E-state index in [1.54, 1.807) is 12.1 Å². The van der Waals surface area contributed by atoms with Crippen LogP contribution in [0.5, 0.6) is 5.75 Å². The van der Waals surface area contributed by atoms with Gasteiger partial charge in [0.25, 0.3) is 11.0 Å². The van der Waals surface area contributed by atoms with Gasteiger partial charge in [-0.2, -0.15) is 0 Å². The summed E-state index contributed by atoms with van der Waals surface area (Å²) in [6, 6.07) is 13.3. The van der Waals surface area contributed by atoms with E-state index in [1.807, 2.05) is 22.6 Å². The number of primary amides is 1. The average molecular weight is 587 g/mol. The van der Waals surface area contributed by atoms with Crippen molar-refractivity contribution in [3.63, 3.8) is 0 Å². The average Bonchev–Trinajstić information content (AvgIpc) is 2.75. The highest BCUT2D eigenvalue weighted by Crippen LogP contribution is 2.35. The fourth-order valence-electron chi connectivity index (χ4n) is 3.05. The number of rotatable bonds is 8. The molecule has 1 amide bonds. The van der Waals surface area contributed by atoms with E-state index in [4.69, 9.17) is 16.2 Å². The number of sulfone groups is 1. The number of hydrogen-bond acceptors (Lipinski definition) is 6. The number of nitrogens with two attached hydrogens (primary N) is 2. The van der Waals surface area contributed by atoms with E-state index in [9.17, 15) is 22.0 Å². The van der Waals surface area contributed by atoms with Gasteiger partial charge in [-0.1, -0.05) is 25.1 Å². The third-order valence-electron chi connectivity index (χ3n) is 4.80. The van der Waals surface area contributed by atoms with Gasteiger partial charge in [-0.05, 0) is 59.0 Å². The zero-order chi connectivity index (χ0) is 24.4. The van der Waals surface area contributed by atoms with Gasteiger partial charge in [-0.25, -0.2) is 17.2 Å². The van der Waals surface area contributed by atoms with Gasteiger partial charge in [0, 0.05) is 16.1 Å². The fourth-order valence-corrected chi connectivity index (χ4v) is 5.00. The van der Waals surface area contributed by atoms with Crippen LogP contribution in [0.25, 0.3) is 0 Å². The van der Waals surface area contributed by atoms with Crippen LogP contribution < -0.4 is 21.5 Å². The number of carbonyl (C=O) groups is 1. The summed E-state index contributed by atoms with van der Waals surface area (Å²) in [6.07, 6.45) is -0.243. The van der Waals surface area contributed by atoms with Gasteiger partial charge in [0.05, 0.1) is 16.3 Å². The molecule has 7 nitrogen and oxygen atoms in total. The van der Waals surface area contributed by atoms with Gasteiger partial charge in [0.2, 0.25) is 9.84 Å². The maximum atomic E-state index is 14.5. The molecule has 0 bridgehead atoms. The van der Waals surface area contributed by atoms with Crippen molar-refractivity contribution in [3.05, 3.63) is 81.4 Å². The number of ether oxygens (including phenoxy) is 1. The molecule has 33 heavy (non-hydrogen) atoms. The Morgan fingerprint density at radius 1 is 1.09 bits per heavy atom. The number of carbonyl (C=O) groups excluding carboxylic acids is 1. The minimum absolute atomic E-state index is 0.0547. The fraction of sp³-hybridized carbons (Fsp3) is 0.136. The smallest absolute Gasteiger partial charge is 0.264 e. The van der Waals surface area contributed by atoms with E-state index in [0.717, 1.165) is 12.1 Å². The quantitative estimate of drug-likeness (QED) is 0.267. The van der Waals surface area contributed by atoms with E-state index in [0.29, 0.717) is 3.57 Å². The zero-order valence-corrected chi connectivity index (χ0v) is 20.3. The van der Waals surface area contributed by atoms with Gasteiger partial charge in [0.1, 0.15) is 22.9 Å². The van der Waals surface area contributed by atoms with E-state index >= 15 is 0 Å². The topological polar surface area (TPSA) is 125 Å². The van der Waals surface area contributed by atoms with Crippen molar-refractivity contribution >= 4 is 49.7 Å². The molecule has 0 aliphatic carbocycles. The second-order valence-corrected chi connectivity index (χ2v) is 10.4. The molecular weight excluding hydrogens is 567 g/mol. The molecule has 11 heteroatoms. The Balaban J connectivity index is 2.11. The van der Waals surface area contributed by atoms with E-state index in [2.05, 4.69) is 5.32 Å². The van der Waals surface area contributed by atoms with Crippen LogP contribution in [0, 0.1) is 15.2 Å². The Hall–Kier alpha value is -2.77. The minimum atomic E-state index is -4.29. The number of halogens is 3. The summed E-state index contributed by atoms with van der Waals surface area (Å²) in [4.78, 5) is 12.2. The van der Waals surface area contributed by atoms with Crippen LogP contribution in [-0.4, -0.2) is 19.4 Å². The van der Waals surface area contributed by atoms with Crippen LogP contribution in [-0.2, 0) is 9.84 Å². The summed E-state index contributed by atoms with van der Waals surface area (Å²) in [6.45, 7) is 1.46. The molecule has 3 aromatic carbocycles. The Kier molecular flexibility index (Phi) is 7.24. The Labute approximate surface area is 203 Å². The molecule has 3 aromatic rings. The Bertz CT molecular complexity index is 1310. The van der Waals surface area contributed by atoms with Crippen molar-refractivity contribution < 1.29 is 26.7 Å². The number of anilines is 2. The van der Waals surface area contributed by atoms with Crippen molar-refractivity contribution in [2.45, 2.75) is 23.3 Å². The maximum absolute atomic E-state index is 14.5. The monoisotopic (exact) mass is 587 g/mol. The lowest BCUT2D eigenvalue weighted by atomic mass is 10.1. The molecule has 5 N–H and O–H groups in total. The highest BCUT2D eigenvalue weighted by atomic mass is 127. The summed E-state index contributed by atoms with van der Waals surface area (Å²) in [5.74, 6) is -3.11. The molecule has 0 aromatic heterocycles. The molecule has 0 spiro atoms. The Morgan fingerprint density at radius 3 is 2.33 bits per heavy atom. The molecule has 0 fully saturated rings. The molecule has 1 atom stereocenters. The lowest BCUT2D eigenvalue weighted by Gasteiger charge is -2.30. The van der Waals surface area contributed by atoms with E-state index in [1.165, 1.54) is 43.3 Å². The zero-order valence-electron chi connectivity index (χ0n) is 17.3. The standard InChI is InChI=1S/C22H20F2IN3O4S/c1-2-22(27,33(30,31)15-6-4-3-5-7-15)32-19-11-13(23)10-18(20(19)21(26)29)28-17-9-8-14(25)12-16(17)24/h3-12,28H,2,27H2,1H3,(H2,26,29). The molecule has 174 valence electrons. The van der Waals surface area contributed by atoms with Gasteiger partial charge < -0.3 is 15.8 Å². The van der Waals surface area contributed by atoms with Crippen molar-refractivity contribution in [2.75, 3.05) is 5.32 Å². The predicted molar refractivity (Wildman–Crippen MR) is 129 cm³/mol. The van der Waals surface area contributed by atoms with Gasteiger partial charge >= 0.3 is 0 Å². The van der Waals surface area contributed by atoms with Crippen molar-refractivity contribution in [1.82, 2.24) is 0 Å². The predicted octanol–water partition coefficient (Wildman–Crippen LogP) is 4.29. The van der Waals surface area contributed by atoms with Crippen LogP contribution in [0.15, 0.2) is 65.6 Å². The van der Waals surface area contributed by atoms with Crippen LogP contribution in [0.3, 0.4) is 0 Å². The third kappa shape index (κ3) is 5.09. The van der Waals surface area contributed by atoms with Crippen molar-refractivity contribution in [3.8, 4) is 5.75 Å². The molecule has 0 saturated carbocycles. The first-order chi connectivity index (χ1) is 15.5. The molecule has 0 heterocycles. The molecule has 0 saturated heterocycles. The van der Waals surface area contributed by atoms with Crippen LogP contribution in [0.4, 0.5) is 20.2 Å². The van der Waals surface area contributed by atoms with Crippen LogP contribution in [0.2, 0.25) is 0 Å². The molecule has 3 rings (SSSR count). The second-order valence-electron chi connectivity index (χ2n) is 7.02. The number of amides is 1. The van der Waals surface area contributed by atoms with Crippen molar-refractivity contribution in [2.24, 2.45) is 11.5 Å². The van der Waals surface area contributed by atoms with E-state index < -0.39 is 38.2 Å². The minimum Gasteiger partial charge on any atom is -0.457 e. The third-order valence-corrected chi connectivity index (χ3v) is 7.64. The van der Waals surface area contributed by atoms with Gasteiger partial charge in [-0.15, -0.1) is 0 Å². The Morgan fingerprint density at radius 2 is 1.76 bits per heavy atom. The molecule has 0 aliphatic heterocycles. The SMILES string of the molecule is CCC(N)(Oc1cc(F)cc(Nc2ccc(I)cc2F)c1C(N)=O)S(=O)(=O)c1ccccc1. The molecular formula is C22H20F2IN3O4S. The summed E-state index contributed by atoms with van der Waals surface area (Å²) in [5.41, 5.74) is 11.0. The highest BCUT2D eigenvalue weighted by Gasteiger charge is 2.43. The molecule has 0 aliphatic rings. The highest BCUT2D eigenvalue weighted by molar-refractivity contribution is 14.1. The normalized spacial score (nSPS) is 13.2. The molecule has 1 unspecified atom stereocenters. The van der Waals surface area contributed by atoms with Gasteiger partial charge in [-0.3, -0.25) is 10.5 Å². The second kappa shape index (κ2) is 9.61. The van der Waals surface area contributed by atoms with Crippen LogP contribution in [0.1, 0.15) is 23.7 Å². The first-order valence-electron chi connectivity index (χ1n) is 9.61. The summed E-state index contributed by atoms with van der Waals surface area (Å²) < 4.78 is 61.4. The number of hydrogen-bond donors (Lipinski definition) is 3. The summed E-state index contributed by atoms with van der Waals surface area (Å²) in [5, 5.41) is 0.266. The first kappa shape index (κ1) is 24.9. The lowest BCUT2D eigenvalue weighted by molar-refractivity contribution is 0.0987. The summed E-state index contributed by atoms with van der Waals surface area (Å²) >= 11 is 1.92. The van der Waals surface area contributed by atoms with E-state index in [-0.39, 0.29) is 28.3 Å². The maximum Gasteiger partial charge on any atom is 0.264 e. The van der Waals surface area contributed by atoms with Crippen LogP contribution >= 0.6 is 22.6 Å². The number of benzene rings is 3.